The number of primary sulfonamides is 1. The number of nitrogens with two attached hydrogens (primary N) is 1. The van der Waals surface area contributed by atoms with E-state index < -0.39 is 19.1 Å². The molecule has 0 saturated heterocycles. The lowest BCUT2D eigenvalue weighted by Gasteiger charge is -2.00. The number of sulfonamides is 1. The largest absolute Gasteiger partial charge is 0.495 e. The molecule has 2 rings (SSSR count). The molecule has 2 aromatic heterocycles. The number of hydrogen-bond acceptors (Lipinski definition) is 8. The average molecular weight is 396 g/mol. The summed E-state index contributed by atoms with van der Waals surface area (Å²) in [6.45, 7) is 0. The fourth-order valence-corrected chi connectivity index (χ4v) is 2.50. The maximum Gasteiger partial charge on any atom is 0.262 e. The van der Waals surface area contributed by atoms with Gasteiger partial charge in [-0.05, 0) is 0 Å². The third kappa shape index (κ3) is 6.28. The van der Waals surface area contributed by atoms with E-state index in [1.807, 2.05) is 0 Å². The average Bonchev–Trinajstić information content (AvgIpc) is 2.54. The van der Waals surface area contributed by atoms with E-state index in [1.54, 1.807) is 0 Å². The van der Waals surface area contributed by atoms with E-state index in [0.29, 0.717) is 11.5 Å². The lowest BCUT2D eigenvalue weighted by Crippen LogP contribution is -2.12. The smallest absolute Gasteiger partial charge is 0.262 e. The van der Waals surface area contributed by atoms with E-state index in [1.165, 1.54) is 38.7 Å². The number of methoxy groups -OCH3 is 2. The van der Waals surface area contributed by atoms with Crippen molar-refractivity contribution in [1.82, 2.24) is 9.97 Å². The topological polar surface area (TPSA) is 139 Å². The highest BCUT2D eigenvalue weighted by Crippen LogP contribution is 2.18. The Kier molecular flexibility index (Phi) is 6.90. The van der Waals surface area contributed by atoms with Crippen molar-refractivity contribution in [1.29, 1.82) is 0 Å². The summed E-state index contributed by atoms with van der Waals surface area (Å²) >= 11 is 0. The van der Waals surface area contributed by atoms with Crippen LogP contribution in [0.3, 0.4) is 0 Å². The van der Waals surface area contributed by atoms with Crippen LogP contribution in [0.4, 0.5) is 0 Å². The van der Waals surface area contributed by atoms with Gasteiger partial charge in [0.25, 0.3) is 9.05 Å². The summed E-state index contributed by atoms with van der Waals surface area (Å²) in [6.07, 6.45) is 5.11. The second-order valence-corrected chi connectivity index (χ2v) is 8.23. The van der Waals surface area contributed by atoms with E-state index in [-0.39, 0.29) is 9.79 Å². The number of hydrogen-bond donors (Lipinski definition) is 1. The van der Waals surface area contributed by atoms with Crippen molar-refractivity contribution < 1.29 is 26.3 Å². The van der Waals surface area contributed by atoms with Gasteiger partial charge in [-0.1, -0.05) is 0 Å². The normalized spacial score (nSPS) is 11.2. The highest BCUT2D eigenvalue weighted by molar-refractivity contribution is 8.13. The van der Waals surface area contributed by atoms with E-state index in [9.17, 15) is 16.8 Å². The molecule has 0 saturated carbocycles. The van der Waals surface area contributed by atoms with Crippen molar-refractivity contribution >= 4 is 29.8 Å². The summed E-state index contributed by atoms with van der Waals surface area (Å²) in [5.74, 6) is 0.721. The molecule has 2 N–H and O–H groups in total. The van der Waals surface area contributed by atoms with Gasteiger partial charge in [-0.15, -0.1) is 0 Å². The zero-order chi connectivity index (χ0) is 18.4. The van der Waals surface area contributed by atoms with Crippen LogP contribution in [0, 0.1) is 0 Å². The summed E-state index contributed by atoms with van der Waals surface area (Å²) in [7, 11) is 0.519. The van der Waals surface area contributed by atoms with Crippen molar-refractivity contribution in [2.45, 2.75) is 9.79 Å². The molecule has 2 aromatic rings. The van der Waals surface area contributed by atoms with Crippen LogP contribution >= 0.6 is 10.7 Å². The number of aromatic nitrogens is 2. The molecule has 0 aliphatic heterocycles. The Labute approximate surface area is 143 Å². The minimum atomic E-state index is -3.71. The molecular formula is C12H14ClN3O6S2. The van der Waals surface area contributed by atoms with Crippen LogP contribution in [0.15, 0.2) is 46.7 Å². The molecule has 132 valence electrons. The van der Waals surface area contributed by atoms with Gasteiger partial charge in [0.2, 0.25) is 10.0 Å². The number of nitrogens with zero attached hydrogens (tertiary/aromatic N) is 2. The van der Waals surface area contributed by atoms with E-state index in [4.69, 9.17) is 25.3 Å². The molecule has 0 atom stereocenters. The minimum absolute atomic E-state index is 0.0538. The zero-order valence-electron chi connectivity index (χ0n) is 12.6. The van der Waals surface area contributed by atoms with Gasteiger partial charge in [0, 0.05) is 35.2 Å². The molecular weight excluding hydrogens is 382 g/mol. The van der Waals surface area contributed by atoms with Crippen LogP contribution in [0.2, 0.25) is 0 Å². The fourth-order valence-electron chi connectivity index (χ4n) is 1.31. The molecule has 0 radical (unpaired) electrons. The third-order valence-corrected chi connectivity index (χ3v) is 4.66. The van der Waals surface area contributed by atoms with Crippen LogP contribution in [-0.4, -0.2) is 41.0 Å². The van der Waals surface area contributed by atoms with Crippen molar-refractivity contribution in [2.24, 2.45) is 5.14 Å². The molecule has 0 spiro atoms. The van der Waals surface area contributed by atoms with Gasteiger partial charge < -0.3 is 9.47 Å². The lowest BCUT2D eigenvalue weighted by molar-refractivity contribution is 0.411. The first-order chi connectivity index (χ1) is 11.1. The maximum atomic E-state index is 10.8. The van der Waals surface area contributed by atoms with Gasteiger partial charge in [0.1, 0.15) is 21.3 Å². The second-order valence-electron chi connectivity index (χ2n) is 4.10. The molecule has 0 fully saturated rings. The summed E-state index contributed by atoms with van der Waals surface area (Å²) in [4.78, 5) is 7.15. The third-order valence-electron chi connectivity index (χ3n) is 2.46. The minimum Gasteiger partial charge on any atom is -0.495 e. The first-order valence-corrected chi connectivity index (χ1v) is 9.89. The molecule has 24 heavy (non-hydrogen) atoms. The summed E-state index contributed by atoms with van der Waals surface area (Å²) < 4.78 is 52.6. The number of pyridine rings is 2. The molecule has 0 aromatic carbocycles. The lowest BCUT2D eigenvalue weighted by atomic mass is 10.5. The predicted octanol–water partition coefficient (Wildman–Crippen LogP) is 0.755. The van der Waals surface area contributed by atoms with Gasteiger partial charge in [0.15, 0.2) is 0 Å². The van der Waals surface area contributed by atoms with Crippen LogP contribution in [0.5, 0.6) is 11.5 Å². The van der Waals surface area contributed by atoms with Crippen LogP contribution in [0.1, 0.15) is 0 Å². The van der Waals surface area contributed by atoms with Crippen molar-refractivity contribution in [3.05, 3.63) is 36.9 Å². The Morgan fingerprint density at radius 3 is 1.67 bits per heavy atom. The van der Waals surface area contributed by atoms with Crippen molar-refractivity contribution in [3.63, 3.8) is 0 Å². The van der Waals surface area contributed by atoms with E-state index in [0.717, 1.165) is 12.4 Å². The van der Waals surface area contributed by atoms with Gasteiger partial charge >= 0.3 is 0 Å². The van der Waals surface area contributed by atoms with Crippen molar-refractivity contribution in [2.75, 3.05) is 14.2 Å². The molecule has 9 nitrogen and oxygen atoms in total. The highest BCUT2D eigenvalue weighted by atomic mass is 35.7. The molecule has 0 amide bonds. The SMILES string of the molecule is COc1cncc(S(=O)(=O)Cl)c1.COc1cncc(S(N)(=O)=O)c1. The maximum absolute atomic E-state index is 10.8. The quantitative estimate of drug-likeness (QED) is 0.748. The number of halogens is 1. The Morgan fingerprint density at radius 1 is 0.875 bits per heavy atom. The predicted molar refractivity (Wildman–Crippen MR) is 86.0 cm³/mol. The van der Waals surface area contributed by atoms with Crippen LogP contribution in [0.25, 0.3) is 0 Å². The summed E-state index contributed by atoms with van der Waals surface area (Å²) in [5, 5.41) is 4.86. The molecule has 0 aliphatic rings. The Bertz CT molecular complexity index is 827. The first kappa shape index (κ1) is 20.1. The molecule has 0 bridgehead atoms. The van der Waals surface area contributed by atoms with Gasteiger partial charge in [-0.25, -0.2) is 22.0 Å². The first-order valence-electron chi connectivity index (χ1n) is 6.03. The molecule has 0 aliphatic carbocycles. The molecule has 0 unspecified atom stereocenters. The molecule has 2 heterocycles. The van der Waals surface area contributed by atoms with Crippen LogP contribution in [-0.2, 0) is 19.1 Å². The van der Waals surface area contributed by atoms with Crippen LogP contribution < -0.4 is 14.6 Å². The van der Waals surface area contributed by atoms with E-state index in [2.05, 4.69) is 9.97 Å². The van der Waals surface area contributed by atoms with Gasteiger partial charge in [-0.3, -0.25) is 9.97 Å². The van der Waals surface area contributed by atoms with Gasteiger partial charge in [-0.2, -0.15) is 0 Å². The highest BCUT2D eigenvalue weighted by Gasteiger charge is 2.10. The Morgan fingerprint density at radius 2 is 1.29 bits per heavy atom. The van der Waals surface area contributed by atoms with E-state index >= 15 is 0 Å². The summed E-state index contributed by atoms with van der Waals surface area (Å²) in [5.41, 5.74) is 0. The zero-order valence-corrected chi connectivity index (χ0v) is 15.0. The number of ether oxygens (including phenoxy) is 2. The second kappa shape index (κ2) is 8.24. The Hall–Kier alpha value is -1.95. The summed E-state index contributed by atoms with van der Waals surface area (Å²) in [6, 6.07) is 2.61. The fraction of sp³-hybridized carbons (Fsp3) is 0.167. The monoisotopic (exact) mass is 395 g/mol. The number of rotatable bonds is 4. The van der Waals surface area contributed by atoms with Crippen molar-refractivity contribution in [3.8, 4) is 11.5 Å². The molecule has 12 heteroatoms. The standard InChI is InChI=1S/C6H6ClNO3S.C6H8N2O3S/c2*1-11-5-2-6(4-8-3-5)12(7,9)10/h2-4H,1H3;2-4H,1H3,(H2,7,9,10). The van der Waals surface area contributed by atoms with Gasteiger partial charge in [0.05, 0.1) is 26.6 Å². The Balaban J connectivity index is 0.000000240.